The van der Waals surface area contributed by atoms with Crippen molar-refractivity contribution in [3.8, 4) is 0 Å². The molecule has 2 amide bonds. The number of hydrogen-bond acceptors (Lipinski definition) is 6. The van der Waals surface area contributed by atoms with E-state index in [4.69, 9.17) is 4.74 Å². The molecule has 0 spiro atoms. The number of carbonyl (C=O) groups is 2. The third-order valence-electron chi connectivity index (χ3n) is 5.62. The van der Waals surface area contributed by atoms with E-state index < -0.39 is 0 Å². The molecule has 1 fully saturated rings. The lowest BCUT2D eigenvalue weighted by molar-refractivity contribution is -0.112. The number of aromatic nitrogens is 3. The van der Waals surface area contributed by atoms with E-state index in [0.717, 1.165) is 36.2 Å². The SMILES string of the molecule is Cc1cc(C2=NC(C(=O)Nc3cn(C4CCOCC4)nc3C(=O)NC(C)C)=CCC2)ccn1. The molecule has 1 saturated heterocycles. The summed E-state index contributed by atoms with van der Waals surface area (Å²) in [4.78, 5) is 34.7. The van der Waals surface area contributed by atoms with Crippen LogP contribution in [0.25, 0.3) is 0 Å². The maximum atomic E-state index is 13.1. The number of aliphatic imine (C=N–C) groups is 1. The number of hydrogen-bond donors (Lipinski definition) is 2. The van der Waals surface area contributed by atoms with Gasteiger partial charge in [-0.2, -0.15) is 5.10 Å². The molecule has 0 atom stereocenters. The summed E-state index contributed by atoms with van der Waals surface area (Å²) in [6.45, 7) is 7.00. The van der Waals surface area contributed by atoms with Gasteiger partial charge in [-0.15, -0.1) is 0 Å². The fraction of sp³-hybridized carbons (Fsp3) is 0.458. The van der Waals surface area contributed by atoms with Gasteiger partial charge in [0, 0.05) is 43.1 Å². The molecular formula is C24H30N6O3. The predicted octanol–water partition coefficient (Wildman–Crippen LogP) is 3.18. The Labute approximate surface area is 193 Å². The molecule has 4 rings (SSSR count). The molecule has 0 bridgehead atoms. The highest BCUT2D eigenvalue weighted by Crippen LogP contribution is 2.25. The van der Waals surface area contributed by atoms with Gasteiger partial charge in [0.05, 0.1) is 11.7 Å². The van der Waals surface area contributed by atoms with E-state index in [1.807, 2.05) is 39.0 Å². The molecule has 4 heterocycles. The van der Waals surface area contributed by atoms with E-state index in [-0.39, 0.29) is 29.6 Å². The summed E-state index contributed by atoms with van der Waals surface area (Å²) in [5.41, 5.74) is 3.63. The normalized spacial score (nSPS) is 16.8. The highest BCUT2D eigenvalue weighted by molar-refractivity contribution is 6.11. The molecule has 2 aliphatic heterocycles. The smallest absolute Gasteiger partial charge is 0.274 e. The largest absolute Gasteiger partial charge is 0.381 e. The topological polar surface area (TPSA) is 111 Å². The molecule has 2 aliphatic rings. The highest BCUT2D eigenvalue weighted by Gasteiger charge is 2.25. The summed E-state index contributed by atoms with van der Waals surface area (Å²) >= 11 is 0. The number of anilines is 1. The number of nitrogens with one attached hydrogen (secondary N) is 2. The van der Waals surface area contributed by atoms with Gasteiger partial charge < -0.3 is 15.4 Å². The van der Waals surface area contributed by atoms with Crippen molar-refractivity contribution in [2.45, 2.75) is 58.5 Å². The number of pyridine rings is 1. The summed E-state index contributed by atoms with van der Waals surface area (Å²) in [7, 11) is 0. The lowest BCUT2D eigenvalue weighted by Gasteiger charge is -2.22. The van der Waals surface area contributed by atoms with Gasteiger partial charge in [0.15, 0.2) is 5.69 Å². The van der Waals surface area contributed by atoms with Crippen molar-refractivity contribution >= 4 is 23.2 Å². The van der Waals surface area contributed by atoms with Gasteiger partial charge in [0.1, 0.15) is 5.70 Å². The van der Waals surface area contributed by atoms with Crippen LogP contribution in [0.2, 0.25) is 0 Å². The monoisotopic (exact) mass is 450 g/mol. The van der Waals surface area contributed by atoms with Gasteiger partial charge >= 0.3 is 0 Å². The van der Waals surface area contributed by atoms with E-state index in [2.05, 4.69) is 25.7 Å². The first-order chi connectivity index (χ1) is 15.9. The molecule has 2 aromatic rings. The molecule has 2 N–H and O–H groups in total. The Morgan fingerprint density at radius 3 is 2.73 bits per heavy atom. The second-order valence-corrected chi connectivity index (χ2v) is 8.67. The summed E-state index contributed by atoms with van der Waals surface area (Å²) in [6, 6.07) is 3.94. The van der Waals surface area contributed by atoms with Crippen molar-refractivity contribution in [2.75, 3.05) is 18.5 Å². The van der Waals surface area contributed by atoms with Crippen molar-refractivity contribution in [1.29, 1.82) is 0 Å². The summed E-state index contributed by atoms with van der Waals surface area (Å²) in [5, 5.41) is 10.3. The number of ether oxygens (including phenoxy) is 1. The standard InChI is InChI=1S/C24H30N6O3/c1-15(2)26-24(32)22-21(14-30(29-22)18-8-11-33-12-9-18)28-23(31)20-6-4-5-19(27-20)17-7-10-25-16(3)13-17/h6-7,10,13-15,18H,4-5,8-9,11-12H2,1-3H3,(H,26,32)(H,28,31). The predicted molar refractivity (Wildman–Crippen MR) is 125 cm³/mol. The molecule has 174 valence electrons. The first-order valence-electron chi connectivity index (χ1n) is 11.4. The van der Waals surface area contributed by atoms with Gasteiger partial charge in [-0.1, -0.05) is 6.08 Å². The van der Waals surface area contributed by atoms with E-state index in [1.165, 1.54) is 0 Å². The Hall–Kier alpha value is -3.33. The van der Waals surface area contributed by atoms with E-state index in [0.29, 0.717) is 31.0 Å². The minimum absolute atomic E-state index is 0.0497. The Morgan fingerprint density at radius 2 is 2.00 bits per heavy atom. The zero-order valence-electron chi connectivity index (χ0n) is 19.3. The first kappa shape index (κ1) is 22.8. The number of nitrogens with zero attached hydrogens (tertiary/aromatic N) is 4. The third-order valence-corrected chi connectivity index (χ3v) is 5.62. The van der Waals surface area contributed by atoms with Gasteiger partial charge in [-0.05, 0) is 64.2 Å². The number of amides is 2. The molecule has 0 saturated carbocycles. The zero-order chi connectivity index (χ0) is 23.4. The number of carbonyl (C=O) groups excluding carboxylic acids is 2. The molecule has 0 radical (unpaired) electrons. The molecule has 2 aromatic heterocycles. The van der Waals surface area contributed by atoms with Crippen LogP contribution in [0, 0.1) is 6.92 Å². The van der Waals surface area contributed by atoms with Crippen LogP contribution in [0.1, 0.15) is 67.3 Å². The Balaban J connectivity index is 1.57. The van der Waals surface area contributed by atoms with Crippen molar-refractivity contribution in [1.82, 2.24) is 20.1 Å². The Kier molecular flexibility index (Phi) is 6.98. The molecule has 9 nitrogen and oxygen atoms in total. The molecule has 0 aliphatic carbocycles. The number of allylic oxidation sites excluding steroid dienone is 1. The fourth-order valence-electron chi connectivity index (χ4n) is 3.97. The minimum atomic E-state index is -0.358. The molecule has 9 heteroatoms. The highest BCUT2D eigenvalue weighted by atomic mass is 16.5. The van der Waals surface area contributed by atoms with Gasteiger partial charge in [0.2, 0.25) is 0 Å². The van der Waals surface area contributed by atoms with Crippen LogP contribution >= 0.6 is 0 Å². The van der Waals surface area contributed by atoms with Crippen molar-refractivity contribution < 1.29 is 14.3 Å². The van der Waals surface area contributed by atoms with E-state index in [1.54, 1.807) is 17.1 Å². The second-order valence-electron chi connectivity index (χ2n) is 8.67. The first-order valence-corrected chi connectivity index (χ1v) is 11.4. The average Bonchev–Trinajstić information content (AvgIpc) is 3.23. The van der Waals surface area contributed by atoms with Crippen LogP contribution in [0.5, 0.6) is 0 Å². The molecule has 0 unspecified atom stereocenters. The number of aryl methyl sites for hydroxylation is 1. The van der Waals surface area contributed by atoms with Crippen LogP contribution < -0.4 is 10.6 Å². The van der Waals surface area contributed by atoms with E-state index in [9.17, 15) is 9.59 Å². The third kappa shape index (κ3) is 5.54. The van der Waals surface area contributed by atoms with Crippen molar-refractivity contribution in [2.24, 2.45) is 4.99 Å². The fourth-order valence-corrected chi connectivity index (χ4v) is 3.97. The average molecular weight is 451 g/mol. The number of rotatable bonds is 6. The van der Waals surface area contributed by atoms with Crippen LogP contribution in [0.4, 0.5) is 5.69 Å². The van der Waals surface area contributed by atoms with Gasteiger partial charge in [-0.25, -0.2) is 4.99 Å². The minimum Gasteiger partial charge on any atom is -0.381 e. The van der Waals surface area contributed by atoms with Gasteiger partial charge in [-0.3, -0.25) is 19.3 Å². The molecular weight excluding hydrogens is 420 g/mol. The van der Waals surface area contributed by atoms with Crippen LogP contribution in [0.15, 0.2) is 41.3 Å². The van der Waals surface area contributed by atoms with Crippen LogP contribution in [0.3, 0.4) is 0 Å². The maximum absolute atomic E-state index is 13.1. The van der Waals surface area contributed by atoms with Crippen molar-refractivity contribution in [3.05, 3.63) is 53.3 Å². The quantitative estimate of drug-likeness (QED) is 0.702. The maximum Gasteiger partial charge on any atom is 0.274 e. The Morgan fingerprint density at radius 1 is 1.21 bits per heavy atom. The Bertz CT molecular complexity index is 1100. The molecule has 0 aromatic carbocycles. The lowest BCUT2D eigenvalue weighted by atomic mass is 10.0. The lowest BCUT2D eigenvalue weighted by Crippen LogP contribution is -2.31. The van der Waals surface area contributed by atoms with Crippen LogP contribution in [-0.2, 0) is 9.53 Å². The van der Waals surface area contributed by atoms with E-state index >= 15 is 0 Å². The summed E-state index contributed by atoms with van der Waals surface area (Å²) < 4.78 is 7.21. The molecule has 33 heavy (non-hydrogen) atoms. The van der Waals surface area contributed by atoms with Gasteiger partial charge in [0.25, 0.3) is 11.8 Å². The summed E-state index contributed by atoms with van der Waals surface area (Å²) in [5.74, 6) is -0.678. The summed E-state index contributed by atoms with van der Waals surface area (Å²) in [6.07, 6.45) is 8.40. The van der Waals surface area contributed by atoms with Crippen molar-refractivity contribution in [3.63, 3.8) is 0 Å². The second kappa shape index (κ2) is 10.1. The van der Waals surface area contributed by atoms with Crippen LogP contribution in [-0.4, -0.2) is 51.5 Å². The zero-order valence-corrected chi connectivity index (χ0v) is 19.3.